The van der Waals surface area contributed by atoms with E-state index in [1.54, 1.807) is 0 Å². The number of alkyl halides is 1. The van der Waals surface area contributed by atoms with Crippen molar-refractivity contribution in [2.75, 3.05) is 20.3 Å². The van der Waals surface area contributed by atoms with Gasteiger partial charge in [-0.3, -0.25) is 9.37 Å². The Balaban J connectivity index is 2.43. The van der Waals surface area contributed by atoms with Crippen molar-refractivity contribution in [3.63, 3.8) is 0 Å². The summed E-state index contributed by atoms with van der Waals surface area (Å²) >= 11 is 0. The van der Waals surface area contributed by atoms with Crippen molar-refractivity contribution >= 4 is 0 Å². The molecule has 0 spiro atoms. The first-order valence-electron chi connectivity index (χ1n) is 4.88. The zero-order chi connectivity index (χ0) is 10.4. The molecule has 0 aromatic carbocycles. The summed E-state index contributed by atoms with van der Waals surface area (Å²) in [7, 11) is 2.01. The number of hydrogen-bond acceptors (Lipinski definition) is 2. The van der Waals surface area contributed by atoms with E-state index in [9.17, 15) is 4.39 Å². The molecule has 0 N–H and O–H groups in total. The fraction of sp³-hybridized carbons (Fsp3) is 0.545. The zero-order valence-electron chi connectivity index (χ0n) is 8.83. The minimum atomic E-state index is -0.236. The highest BCUT2D eigenvalue weighted by Gasteiger charge is 2.00. The number of rotatable bonds is 5. The van der Waals surface area contributed by atoms with Gasteiger partial charge in [-0.2, -0.15) is 0 Å². The van der Waals surface area contributed by atoms with E-state index in [0.29, 0.717) is 6.42 Å². The van der Waals surface area contributed by atoms with Gasteiger partial charge in [-0.15, -0.1) is 0 Å². The molecule has 2 nitrogen and oxygen atoms in total. The van der Waals surface area contributed by atoms with Crippen LogP contribution < -0.4 is 0 Å². The Bertz CT molecular complexity index is 276. The lowest BCUT2D eigenvalue weighted by Gasteiger charge is -2.15. The molecule has 0 atom stereocenters. The Morgan fingerprint density at radius 1 is 1.50 bits per heavy atom. The van der Waals surface area contributed by atoms with E-state index in [4.69, 9.17) is 0 Å². The van der Waals surface area contributed by atoms with Crippen molar-refractivity contribution in [2.24, 2.45) is 0 Å². The van der Waals surface area contributed by atoms with Gasteiger partial charge >= 0.3 is 0 Å². The van der Waals surface area contributed by atoms with Crippen molar-refractivity contribution in [3.8, 4) is 0 Å². The van der Waals surface area contributed by atoms with Gasteiger partial charge < -0.3 is 4.90 Å². The molecule has 1 aromatic rings. The Labute approximate surface area is 84.8 Å². The average molecular weight is 196 g/mol. The third-order valence-electron chi connectivity index (χ3n) is 2.09. The number of aryl methyl sites for hydroxylation is 1. The third-order valence-corrected chi connectivity index (χ3v) is 2.09. The second-order valence-corrected chi connectivity index (χ2v) is 3.59. The van der Waals surface area contributed by atoms with E-state index in [1.165, 1.54) is 5.56 Å². The number of halogens is 1. The zero-order valence-corrected chi connectivity index (χ0v) is 8.83. The van der Waals surface area contributed by atoms with E-state index >= 15 is 0 Å². The molecule has 0 saturated carbocycles. The fourth-order valence-electron chi connectivity index (χ4n) is 1.42. The normalized spacial score (nSPS) is 10.9. The van der Waals surface area contributed by atoms with Crippen LogP contribution in [-0.4, -0.2) is 30.2 Å². The maximum Gasteiger partial charge on any atom is 0.0906 e. The topological polar surface area (TPSA) is 16.1 Å². The molecule has 0 saturated heterocycles. The molecule has 0 aliphatic carbocycles. The second kappa shape index (κ2) is 5.70. The molecule has 0 bridgehead atoms. The largest absolute Gasteiger partial charge is 0.302 e. The highest BCUT2D eigenvalue weighted by atomic mass is 19.1. The van der Waals surface area contributed by atoms with E-state index in [2.05, 4.69) is 16.0 Å². The van der Waals surface area contributed by atoms with E-state index < -0.39 is 0 Å². The number of aromatic nitrogens is 1. The van der Waals surface area contributed by atoms with E-state index in [1.807, 2.05) is 26.2 Å². The smallest absolute Gasteiger partial charge is 0.0906 e. The van der Waals surface area contributed by atoms with Crippen LogP contribution in [0.15, 0.2) is 18.3 Å². The van der Waals surface area contributed by atoms with Gasteiger partial charge in [0.2, 0.25) is 0 Å². The molecule has 78 valence electrons. The van der Waals surface area contributed by atoms with Crippen LogP contribution >= 0.6 is 0 Å². The standard InChI is InChI=1S/C11H17FN2/c1-10-8-11(4-6-13-10)9-14(2)7-3-5-12/h4,6,8H,3,5,7,9H2,1-2H3. The fourth-order valence-corrected chi connectivity index (χ4v) is 1.42. The van der Waals surface area contributed by atoms with Gasteiger partial charge in [-0.1, -0.05) is 0 Å². The Kier molecular flexibility index (Phi) is 4.53. The van der Waals surface area contributed by atoms with Crippen LogP contribution in [0.4, 0.5) is 4.39 Å². The van der Waals surface area contributed by atoms with Crippen LogP contribution in [0.1, 0.15) is 17.7 Å². The number of hydrogen-bond donors (Lipinski definition) is 0. The van der Waals surface area contributed by atoms with Gasteiger partial charge in [-0.05, 0) is 38.1 Å². The molecular formula is C11H17FN2. The van der Waals surface area contributed by atoms with Crippen LogP contribution in [0.5, 0.6) is 0 Å². The molecule has 14 heavy (non-hydrogen) atoms. The van der Waals surface area contributed by atoms with Gasteiger partial charge in [0.25, 0.3) is 0 Å². The van der Waals surface area contributed by atoms with Crippen LogP contribution in [0.3, 0.4) is 0 Å². The third kappa shape index (κ3) is 3.83. The minimum absolute atomic E-state index is 0.236. The summed E-state index contributed by atoms with van der Waals surface area (Å²) in [5, 5.41) is 0. The van der Waals surface area contributed by atoms with E-state index in [0.717, 1.165) is 18.8 Å². The molecule has 0 radical (unpaired) electrons. The molecule has 0 unspecified atom stereocenters. The summed E-state index contributed by atoms with van der Waals surface area (Å²) in [6.45, 7) is 3.41. The van der Waals surface area contributed by atoms with Crippen molar-refractivity contribution in [3.05, 3.63) is 29.6 Å². The van der Waals surface area contributed by atoms with Gasteiger partial charge in [0.15, 0.2) is 0 Å². The van der Waals surface area contributed by atoms with Crippen LogP contribution in [-0.2, 0) is 6.54 Å². The molecule has 0 aliphatic rings. The summed E-state index contributed by atoms with van der Waals surface area (Å²) in [6, 6.07) is 4.06. The summed E-state index contributed by atoms with van der Waals surface area (Å²) < 4.78 is 11.9. The number of pyridine rings is 1. The van der Waals surface area contributed by atoms with Gasteiger partial charge in [-0.25, -0.2) is 0 Å². The molecule has 0 amide bonds. The highest BCUT2D eigenvalue weighted by Crippen LogP contribution is 2.04. The van der Waals surface area contributed by atoms with E-state index in [-0.39, 0.29) is 6.67 Å². The maximum atomic E-state index is 11.9. The first-order valence-corrected chi connectivity index (χ1v) is 4.88. The lowest BCUT2D eigenvalue weighted by atomic mass is 10.2. The maximum absolute atomic E-state index is 11.9. The molecule has 1 aromatic heterocycles. The Morgan fingerprint density at radius 3 is 2.93 bits per heavy atom. The molecule has 1 heterocycles. The minimum Gasteiger partial charge on any atom is -0.302 e. The summed E-state index contributed by atoms with van der Waals surface area (Å²) in [5.74, 6) is 0. The SMILES string of the molecule is Cc1cc(CN(C)CCCF)ccn1. The first kappa shape index (κ1) is 11.1. The van der Waals surface area contributed by atoms with Crippen molar-refractivity contribution in [1.82, 2.24) is 9.88 Å². The summed E-state index contributed by atoms with van der Waals surface area (Å²) in [4.78, 5) is 6.25. The molecule has 1 rings (SSSR count). The highest BCUT2D eigenvalue weighted by molar-refractivity contribution is 5.14. The summed E-state index contributed by atoms with van der Waals surface area (Å²) in [6.07, 6.45) is 2.42. The molecule has 0 fully saturated rings. The average Bonchev–Trinajstić information content (AvgIpc) is 2.15. The summed E-state index contributed by atoms with van der Waals surface area (Å²) in [5.41, 5.74) is 2.26. The predicted octanol–water partition coefficient (Wildman–Crippen LogP) is 2.18. The first-order chi connectivity index (χ1) is 6.72. The van der Waals surface area contributed by atoms with Crippen LogP contribution in [0.2, 0.25) is 0 Å². The van der Waals surface area contributed by atoms with Gasteiger partial charge in [0.05, 0.1) is 6.67 Å². The Morgan fingerprint density at radius 2 is 2.29 bits per heavy atom. The number of nitrogens with zero attached hydrogens (tertiary/aromatic N) is 2. The van der Waals surface area contributed by atoms with Crippen molar-refractivity contribution in [1.29, 1.82) is 0 Å². The van der Waals surface area contributed by atoms with Crippen LogP contribution in [0.25, 0.3) is 0 Å². The molecular weight excluding hydrogens is 179 g/mol. The van der Waals surface area contributed by atoms with Gasteiger partial charge in [0, 0.05) is 25.0 Å². The lowest BCUT2D eigenvalue weighted by molar-refractivity contribution is 0.302. The van der Waals surface area contributed by atoms with Crippen molar-refractivity contribution < 1.29 is 4.39 Å². The second-order valence-electron chi connectivity index (χ2n) is 3.59. The van der Waals surface area contributed by atoms with Crippen LogP contribution in [0, 0.1) is 6.92 Å². The van der Waals surface area contributed by atoms with Crippen molar-refractivity contribution in [2.45, 2.75) is 19.9 Å². The van der Waals surface area contributed by atoms with Gasteiger partial charge in [0.1, 0.15) is 0 Å². The predicted molar refractivity (Wildman–Crippen MR) is 55.9 cm³/mol. The molecule has 3 heteroatoms. The quantitative estimate of drug-likeness (QED) is 0.717. The molecule has 0 aliphatic heterocycles. The Hall–Kier alpha value is -0.960. The lowest BCUT2D eigenvalue weighted by Crippen LogP contribution is -2.19. The monoisotopic (exact) mass is 196 g/mol.